The van der Waals surface area contributed by atoms with Crippen molar-refractivity contribution in [3.63, 3.8) is 0 Å². The summed E-state index contributed by atoms with van der Waals surface area (Å²) in [6.45, 7) is -1.22. The third kappa shape index (κ3) is 6.92. The number of hydrogen-bond donors (Lipinski definition) is 12. The van der Waals surface area contributed by atoms with Crippen LogP contribution in [0, 0.1) is 0 Å². The van der Waals surface area contributed by atoms with E-state index in [1.54, 1.807) is 0 Å². The van der Waals surface area contributed by atoms with Gasteiger partial charge in [0.05, 0.1) is 13.2 Å². The number of aliphatic hydroxyl groups is 10. The molecule has 0 radical (unpaired) electrons. The van der Waals surface area contributed by atoms with Crippen molar-refractivity contribution in [2.24, 2.45) is 0 Å². The molecule has 4 heterocycles. The highest BCUT2D eigenvalue weighted by Crippen LogP contribution is 2.32. The predicted molar refractivity (Wildman–Crippen MR) is 123 cm³/mol. The van der Waals surface area contributed by atoms with Crippen LogP contribution in [0.2, 0.25) is 0 Å². The fourth-order valence-corrected chi connectivity index (χ4v) is 4.95. The Morgan fingerprint density at radius 3 is 1.49 bits per heavy atom. The highest BCUT2D eigenvalue weighted by Gasteiger charge is 2.55. The summed E-state index contributed by atoms with van der Waals surface area (Å²) in [4.78, 5) is 23.1. The normalized spacial score (nSPS) is 51.1. The van der Waals surface area contributed by atoms with E-state index in [4.69, 9.17) is 28.4 Å². The monoisotopic (exact) mass is 634 g/mol. The number of carboxylic acid groups (broad SMARTS) is 2. The van der Waals surface area contributed by atoms with E-state index in [0.29, 0.717) is 0 Å². The van der Waals surface area contributed by atoms with Crippen LogP contribution in [-0.2, 0) is 42.7 Å². The van der Waals surface area contributed by atoms with E-state index in [1.807, 2.05) is 0 Å². The van der Waals surface area contributed by atoms with E-state index < -0.39 is 136 Å². The molecule has 4 rings (SSSR count). The van der Waals surface area contributed by atoms with Crippen molar-refractivity contribution in [1.29, 1.82) is 0 Å². The Labute approximate surface area is 240 Å². The number of carboxylic acids is 2. The lowest BCUT2D eigenvalue weighted by Gasteiger charge is -2.47. The van der Waals surface area contributed by atoms with E-state index in [9.17, 15) is 70.9 Å². The van der Waals surface area contributed by atoms with Crippen LogP contribution in [0.5, 0.6) is 0 Å². The third-order valence-electron chi connectivity index (χ3n) is 7.35. The summed E-state index contributed by atoms with van der Waals surface area (Å²) in [6.07, 6.45) is -35.1. The second-order valence-corrected chi connectivity index (χ2v) is 10.3. The van der Waals surface area contributed by atoms with Crippen LogP contribution in [-0.4, -0.2) is 197 Å². The van der Waals surface area contributed by atoms with E-state index in [0.717, 1.165) is 0 Å². The van der Waals surface area contributed by atoms with Gasteiger partial charge in [-0.2, -0.15) is 0 Å². The first-order valence-corrected chi connectivity index (χ1v) is 12.9. The fourth-order valence-electron chi connectivity index (χ4n) is 4.95. The van der Waals surface area contributed by atoms with Gasteiger partial charge in [0.25, 0.3) is 0 Å². The second kappa shape index (κ2) is 13.7. The van der Waals surface area contributed by atoms with Gasteiger partial charge in [0.1, 0.15) is 73.2 Å². The molecule has 4 aliphatic rings. The van der Waals surface area contributed by atoms with Crippen LogP contribution >= 0.6 is 0 Å². The lowest BCUT2D eigenvalue weighted by molar-refractivity contribution is -0.374. The quantitative estimate of drug-likeness (QED) is 0.118. The summed E-state index contributed by atoms with van der Waals surface area (Å²) < 4.78 is 36.1. The lowest BCUT2D eigenvalue weighted by Crippen LogP contribution is -2.66. The predicted octanol–water partition coefficient (Wildman–Crippen LogP) is -8.29. The van der Waals surface area contributed by atoms with E-state index in [-0.39, 0.29) is 0 Å². The van der Waals surface area contributed by atoms with Gasteiger partial charge in [-0.15, -0.1) is 0 Å². The van der Waals surface area contributed by atoms with Crippen LogP contribution < -0.4 is 0 Å². The molecule has 4 fully saturated rings. The molecule has 0 unspecified atom stereocenters. The molecule has 12 N–H and O–H groups in total. The maximum atomic E-state index is 11.8. The van der Waals surface area contributed by atoms with Gasteiger partial charge in [0.15, 0.2) is 37.4 Å². The molecule has 0 aromatic rings. The topological polar surface area (TPSA) is 342 Å². The molecule has 0 aliphatic carbocycles. The van der Waals surface area contributed by atoms with Gasteiger partial charge in [-0.05, 0) is 0 Å². The van der Waals surface area contributed by atoms with Crippen molar-refractivity contribution in [2.45, 2.75) is 111 Å². The second-order valence-electron chi connectivity index (χ2n) is 10.3. The van der Waals surface area contributed by atoms with Crippen molar-refractivity contribution in [3.8, 4) is 0 Å². The van der Waals surface area contributed by atoms with Crippen LogP contribution in [0.4, 0.5) is 0 Å². The Hall–Kier alpha value is -1.74. The minimum Gasteiger partial charge on any atom is -0.479 e. The van der Waals surface area contributed by atoms with Crippen LogP contribution in [0.1, 0.15) is 0 Å². The summed E-state index contributed by atoms with van der Waals surface area (Å²) in [5.41, 5.74) is 0. The molecule has 0 aromatic carbocycles. The Morgan fingerprint density at radius 1 is 0.488 bits per heavy atom. The zero-order chi connectivity index (χ0) is 31.9. The third-order valence-corrected chi connectivity index (χ3v) is 7.35. The molecule has 0 spiro atoms. The first-order chi connectivity index (χ1) is 20.1. The number of aliphatic hydroxyl groups excluding tert-OH is 10. The Morgan fingerprint density at radius 2 is 0.930 bits per heavy atom. The Balaban J connectivity index is 1.49. The van der Waals surface area contributed by atoms with Gasteiger partial charge in [-0.3, -0.25) is 0 Å². The van der Waals surface area contributed by atoms with Crippen molar-refractivity contribution in [3.05, 3.63) is 0 Å². The maximum absolute atomic E-state index is 11.8. The summed E-state index contributed by atoms with van der Waals surface area (Å²) in [6, 6.07) is 0. The van der Waals surface area contributed by atoms with E-state index in [1.165, 1.54) is 0 Å². The number of aliphatic carboxylic acids is 2. The molecule has 21 nitrogen and oxygen atoms in total. The number of rotatable bonds is 8. The zero-order valence-corrected chi connectivity index (χ0v) is 21.8. The van der Waals surface area contributed by atoms with Crippen molar-refractivity contribution < 1.29 is 104 Å². The number of hydrogen-bond acceptors (Lipinski definition) is 19. The van der Waals surface area contributed by atoms with Crippen LogP contribution in [0.15, 0.2) is 0 Å². The Kier molecular flexibility index (Phi) is 10.9. The Bertz CT molecular complexity index is 969. The van der Waals surface area contributed by atoms with E-state index in [2.05, 4.69) is 4.74 Å². The number of carbonyl (C=O) groups is 2. The highest BCUT2D eigenvalue weighted by atomic mass is 16.8. The van der Waals surface area contributed by atoms with Gasteiger partial charge < -0.3 is 94.4 Å². The average Bonchev–Trinajstić information content (AvgIpc) is 2.94. The molecular formula is C22H34O21. The molecule has 0 bridgehead atoms. The summed E-state index contributed by atoms with van der Waals surface area (Å²) in [5.74, 6) is -3.49. The van der Waals surface area contributed by atoms with Crippen molar-refractivity contribution in [1.82, 2.24) is 0 Å². The van der Waals surface area contributed by atoms with Crippen LogP contribution in [0.3, 0.4) is 0 Å². The largest absolute Gasteiger partial charge is 0.479 e. The first kappa shape index (κ1) is 34.1. The minimum atomic E-state index is -2.15. The summed E-state index contributed by atoms with van der Waals surface area (Å²) in [5, 5.41) is 121. The van der Waals surface area contributed by atoms with Crippen molar-refractivity contribution >= 4 is 11.9 Å². The van der Waals surface area contributed by atoms with Crippen molar-refractivity contribution in [2.75, 3.05) is 13.2 Å². The molecule has 248 valence electrons. The molecule has 21 heteroatoms. The average molecular weight is 634 g/mol. The molecular weight excluding hydrogens is 600 g/mol. The molecule has 0 amide bonds. The molecule has 4 saturated heterocycles. The maximum Gasteiger partial charge on any atom is 0.335 e. The van der Waals surface area contributed by atoms with Gasteiger partial charge in [0, 0.05) is 0 Å². The molecule has 4 aliphatic heterocycles. The summed E-state index contributed by atoms with van der Waals surface area (Å²) >= 11 is 0. The highest BCUT2D eigenvalue weighted by molar-refractivity contribution is 5.73. The fraction of sp³-hybridized carbons (Fsp3) is 0.909. The molecule has 0 aromatic heterocycles. The van der Waals surface area contributed by atoms with Gasteiger partial charge >= 0.3 is 11.9 Å². The van der Waals surface area contributed by atoms with Gasteiger partial charge in [-0.25, -0.2) is 9.59 Å². The molecule has 0 saturated carbocycles. The standard InChI is InChI=1S/C22H34O21/c23-3-1-37-20(6(26)5(3)25)42-14-8(28)16(18(34)35)43-22(11(14)31)40-12-4(24)2-38-21(10(12)30)41-13-7(27)15(17(32)33)39-19(36)9(13)29/h3-16,19-31,36H,1-2H2,(H,32,33)(H,34,35)/t3-,4-,5+,6-,7+,8+,9-,10-,11-,12+,13+,14+,15+,16+,19-,20-,21-,22-/m1/s1. The zero-order valence-electron chi connectivity index (χ0n) is 21.8. The van der Waals surface area contributed by atoms with Gasteiger partial charge in [-0.1, -0.05) is 0 Å². The van der Waals surface area contributed by atoms with Gasteiger partial charge in [0.2, 0.25) is 0 Å². The van der Waals surface area contributed by atoms with Crippen LogP contribution in [0.25, 0.3) is 0 Å². The minimum absolute atomic E-state index is 0.539. The first-order valence-electron chi connectivity index (χ1n) is 12.9. The van der Waals surface area contributed by atoms with E-state index >= 15 is 0 Å². The lowest BCUT2D eigenvalue weighted by atomic mass is 9.97. The molecule has 43 heavy (non-hydrogen) atoms. The number of ether oxygens (including phenoxy) is 7. The molecule has 18 atom stereocenters. The SMILES string of the molecule is O=C(O)[C@H]1O[C@@H](O)[C@H](O)[C@@H](O[C@H]2OC[C@@H](O)[C@H](O[C@@H]3O[C@H](C(=O)O)[C@@H](O)[C@H](O[C@H]4OC[C@@H](O)[C@H](O)[C@H]4O)[C@H]3O)[C@H]2O)[C@@H]1O. The smallest absolute Gasteiger partial charge is 0.335 e. The summed E-state index contributed by atoms with van der Waals surface area (Å²) in [7, 11) is 0.